The smallest absolute Gasteiger partial charge is 0.233 e. The van der Waals surface area contributed by atoms with Gasteiger partial charge < -0.3 is 10.6 Å². The van der Waals surface area contributed by atoms with Crippen LogP contribution in [0.15, 0.2) is 46.1 Å². The summed E-state index contributed by atoms with van der Waals surface area (Å²) in [6.07, 6.45) is 0.970. The van der Waals surface area contributed by atoms with Crippen LogP contribution in [0.25, 0.3) is 0 Å². The molecule has 3 aromatic rings. The third-order valence-corrected chi connectivity index (χ3v) is 6.87. The van der Waals surface area contributed by atoms with Crippen LogP contribution in [-0.4, -0.2) is 27.9 Å². The molecule has 0 saturated heterocycles. The summed E-state index contributed by atoms with van der Waals surface area (Å²) in [5.74, 6) is 0.00276. The van der Waals surface area contributed by atoms with Crippen LogP contribution in [0.2, 0.25) is 0 Å². The minimum Gasteiger partial charge on any atom is -0.360 e. The molecule has 5 nitrogen and oxygen atoms in total. The van der Waals surface area contributed by atoms with Crippen LogP contribution in [0, 0.1) is 6.92 Å². The van der Waals surface area contributed by atoms with Crippen LogP contribution in [0.1, 0.15) is 22.9 Å². The van der Waals surface area contributed by atoms with Crippen LogP contribution >= 0.6 is 34.4 Å². The standard InChI is InChI=1S/C19H22N4OS3/c1-13-5-7-15(8-6-13)12-21-17(24)14(2)26-19-23-22-18(27-19)20-10-9-16-4-3-11-25-16/h3-8,11,14H,9-10,12H2,1-2H3,(H,20,22)(H,21,24)/t14-/m1/s1. The Morgan fingerprint density at radius 2 is 2.04 bits per heavy atom. The zero-order valence-corrected chi connectivity index (χ0v) is 17.7. The third-order valence-electron chi connectivity index (χ3n) is 3.87. The molecule has 0 spiro atoms. The SMILES string of the molecule is Cc1ccc(CNC(=O)[C@@H](C)Sc2nnc(NCCc3cccs3)s2)cc1. The van der Waals surface area contributed by atoms with Gasteiger partial charge in [-0.15, -0.1) is 21.5 Å². The van der Waals surface area contributed by atoms with E-state index < -0.39 is 0 Å². The minimum absolute atomic E-state index is 0.00276. The van der Waals surface area contributed by atoms with Crippen LogP contribution in [-0.2, 0) is 17.8 Å². The quantitative estimate of drug-likeness (QED) is 0.506. The van der Waals surface area contributed by atoms with Gasteiger partial charge in [-0.3, -0.25) is 4.79 Å². The molecule has 0 aliphatic rings. The molecule has 3 rings (SSSR count). The molecule has 1 atom stereocenters. The first-order chi connectivity index (χ1) is 13.1. The van der Waals surface area contributed by atoms with E-state index >= 15 is 0 Å². The summed E-state index contributed by atoms with van der Waals surface area (Å²) in [5.41, 5.74) is 2.31. The topological polar surface area (TPSA) is 66.9 Å². The molecule has 1 aromatic carbocycles. The van der Waals surface area contributed by atoms with E-state index in [4.69, 9.17) is 0 Å². The second-order valence-corrected chi connectivity index (χ2v) is 9.69. The van der Waals surface area contributed by atoms with Gasteiger partial charge in [-0.2, -0.15) is 0 Å². The summed E-state index contributed by atoms with van der Waals surface area (Å²) in [4.78, 5) is 13.7. The van der Waals surface area contributed by atoms with Crippen molar-refractivity contribution >= 4 is 45.5 Å². The average molecular weight is 419 g/mol. The highest BCUT2D eigenvalue weighted by Crippen LogP contribution is 2.29. The fraction of sp³-hybridized carbons (Fsp3) is 0.316. The molecule has 0 fully saturated rings. The largest absolute Gasteiger partial charge is 0.360 e. The molecule has 2 N–H and O–H groups in total. The van der Waals surface area contributed by atoms with Crippen LogP contribution < -0.4 is 10.6 Å². The molecule has 0 aliphatic carbocycles. The first-order valence-corrected chi connectivity index (χ1v) is 11.3. The van der Waals surface area contributed by atoms with E-state index in [9.17, 15) is 4.79 Å². The summed E-state index contributed by atoms with van der Waals surface area (Å²) in [7, 11) is 0. The van der Waals surface area contributed by atoms with E-state index in [1.54, 1.807) is 11.3 Å². The lowest BCUT2D eigenvalue weighted by molar-refractivity contribution is -0.120. The normalized spacial score (nSPS) is 11.9. The van der Waals surface area contributed by atoms with E-state index in [-0.39, 0.29) is 11.2 Å². The number of nitrogens with one attached hydrogen (secondary N) is 2. The molecule has 0 unspecified atom stereocenters. The number of thioether (sulfide) groups is 1. The first-order valence-electron chi connectivity index (χ1n) is 8.70. The number of aryl methyl sites for hydroxylation is 1. The molecule has 27 heavy (non-hydrogen) atoms. The molecule has 2 heterocycles. The van der Waals surface area contributed by atoms with Crippen molar-refractivity contribution in [3.05, 3.63) is 57.8 Å². The number of carbonyl (C=O) groups is 1. The van der Waals surface area contributed by atoms with Crippen LogP contribution in [0.5, 0.6) is 0 Å². The van der Waals surface area contributed by atoms with Gasteiger partial charge in [0.2, 0.25) is 11.0 Å². The zero-order chi connectivity index (χ0) is 19.1. The predicted octanol–water partition coefficient (Wildman–Crippen LogP) is 4.36. The maximum absolute atomic E-state index is 12.3. The van der Waals surface area contributed by atoms with Gasteiger partial charge >= 0.3 is 0 Å². The molecule has 1 amide bonds. The van der Waals surface area contributed by atoms with Crippen LogP contribution in [0.4, 0.5) is 5.13 Å². The maximum atomic E-state index is 12.3. The highest BCUT2D eigenvalue weighted by Gasteiger charge is 2.17. The maximum Gasteiger partial charge on any atom is 0.233 e. The lowest BCUT2D eigenvalue weighted by Crippen LogP contribution is -2.30. The molecular formula is C19H22N4OS3. The first kappa shape index (κ1) is 19.9. The van der Waals surface area contributed by atoms with Crippen molar-refractivity contribution in [1.29, 1.82) is 0 Å². The number of thiophene rings is 1. The minimum atomic E-state index is -0.220. The van der Waals surface area contributed by atoms with Gasteiger partial charge in [-0.1, -0.05) is 59.0 Å². The Bertz CT molecular complexity index is 846. The van der Waals surface area contributed by atoms with E-state index in [2.05, 4.69) is 45.3 Å². The van der Waals surface area contributed by atoms with Gasteiger partial charge in [0.05, 0.1) is 5.25 Å². The molecular weight excluding hydrogens is 396 g/mol. The van der Waals surface area contributed by atoms with E-state index in [0.29, 0.717) is 6.54 Å². The fourth-order valence-corrected chi connectivity index (χ4v) is 4.97. The van der Waals surface area contributed by atoms with E-state index in [1.165, 1.54) is 33.5 Å². The van der Waals surface area contributed by atoms with Crippen molar-refractivity contribution in [2.24, 2.45) is 0 Å². The Morgan fingerprint density at radius 1 is 1.22 bits per heavy atom. The Balaban J connectivity index is 1.41. The van der Waals surface area contributed by atoms with E-state index in [1.807, 2.05) is 31.2 Å². The number of carbonyl (C=O) groups excluding carboxylic acids is 1. The lowest BCUT2D eigenvalue weighted by atomic mass is 10.1. The number of hydrogen-bond donors (Lipinski definition) is 2. The molecule has 142 valence electrons. The Morgan fingerprint density at radius 3 is 2.78 bits per heavy atom. The van der Waals surface area contributed by atoms with Crippen molar-refractivity contribution < 1.29 is 4.79 Å². The van der Waals surface area contributed by atoms with E-state index in [0.717, 1.165) is 28.0 Å². The lowest BCUT2D eigenvalue weighted by Gasteiger charge is -2.10. The second kappa shape index (κ2) is 9.87. The highest BCUT2D eigenvalue weighted by atomic mass is 32.2. The zero-order valence-electron chi connectivity index (χ0n) is 15.3. The third kappa shape index (κ3) is 6.34. The van der Waals surface area contributed by atoms with Crippen molar-refractivity contribution in [1.82, 2.24) is 15.5 Å². The number of nitrogens with zero attached hydrogens (tertiary/aromatic N) is 2. The average Bonchev–Trinajstić information content (AvgIpc) is 3.33. The summed E-state index contributed by atoms with van der Waals surface area (Å²) in [6.45, 7) is 5.30. The molecule has 0 aliphatic heterocycles. The van der Waals surface area contributed by atoms with Crippen molar-refractivity contribution in [2.45, 2.75) is 36.4 Å². The molecule has 8 heteroatoms. The van der Waals surface area contributed by atoms with Crippen molar-refractivity contribution in [3.8, 4) is 0 Å². The van der Waals surface area contributed by atoms with Crippen LogP contribution in [0.3, 0.4) is 0 Å². The van der Waals surface area contributed by atoms with Crippen molar-refractivity contribution in [3.63, 3.8) is 0 Å². The Hall–Kier alpha value is -1.90. The summed E-state index contributed by atoms with van der Waals surface area (Å²) >= 11 is 4.68. The number of amides is 1. The van der Waals surface area contributed by atoms with Gasteiger partial charge in [-0.25, -0.2) is 0 Å². The molecule has 2 aromatic heterocycles. The summed E-state index contributed by atoms with van der Waals surface area (Å²) in [5, 5.41) is 17.3. The summed E-state index contributed by atoms with van der Waals surface area (Å²) in [6, 6.07) is 12.4. The Kier molecular flexibility index (Phi) is 7.25. The summed E-state index contributed by atoms with van der Waals surface area (Å²) < 4.78 is 0.798. The van der Waals surface area contributed by atoms with Gasteiger partial charge in [0.1, 0.15) is 0 Å². The van der Waals surface area contributed by atoms with Gasteiger partial charge in [0.25, 0.3) is 0 Å². The number of hydrogen-bond acceptors (Lipinski definition) is 7. The molecule has 0 saturated carbocycles. The number of rotatable bonds is 9. The molecule has 0 bridgehead atoms. The second-order valence-electron chi connectivity index (χ2n) is 6.09. The predicted molar refractivity (Wildman–Crippen MR) is 115 cm³/mol. The van der Waals surface area contributed by atoms with Gasteiger partial charge in [0.15, 0.2) is 4.34 Å². The Labute approximate surface area is 171 Å². The molecule has 0 radical (unpaired) electrons. The van der Waals surface area contributed by atoms with Crippen molar-refractivity contribution in [2.75, 3.05) is 11.9 Å². The number of anilines is 1. The van der Waals surface area contributed by atoms with Gasteiger partial charge in [-0.05, 0) is 37.3 Å². The monoisotopic (exact) mass is 418 g/mol. The number of aromatic nitrogens is 2. The number of benzene rings is 1. The highest BCUT2D eigenvalue weighted by molar-refractivity contribution is 8.02. The van der Waals surface area contributed by atoms with Gasteiger partial charge in [0, 0.05) is 18.0 Å². The fourth-order valence-electron chi connectivity index (χ4n) is 2.32.